The molecular weight excluding hydrogens is 582 g/mol. The molecule has 0 nitrogen and oxygen atoms in total. The average Bonchev–Trinajstić information content (AvgIpc) is 3.16. The third kappa shape index (κ3) is 6.38. The van der Waals surface area contributed by atoms with Crippen LogP contribution in [0.1, 0.15) is 13.8 Å². The van der Waals surface area contributed by atoms with Gasteiger partial charge in [0.2, 0.25) is 0 Å². The van der Waals surface area contributed by atoms with Gasteiger partial charge < -0.3 is 0 Å². The van der Waals surface area contributed by atoms with Crippen LogP contribution in [0.25, 0.3) is 0 Å². The first-order valence-corrected chi connectivity index (χ1v) is 18.5. The third-order valence-electron chi connectivity index (χ3n) is 9.46. The van der Waals surface area contributed by atoms with E-state index in [-0.39, 0.29) is 0 Å². The van der Waals surface area contributed by atoms with E-state index < -0.39 is 13.4 Å². The minimum absolute atomic E-state index is 0.555. The largest absolute Gasteiger partial charge is 0.195 e. The molecule has 0 spiro atoms. The predicted molar refractivity (Wildman–Crippen MR) is 210 cm³/mol. The van der Waals surface area contributed by atoms with Gasteiger partial charge in [0.25, 0.3) is 0 Å². The summed E-state index contributed by atoms with van der Waals surface area (Å²) in [5.74, 6) is 0. The molecule has 0 unspecified atom stereocenters. The van der Waals surface area contributed by atoms with E-state index in [1.165, 1.54) is 37.8 Å². The lowest BCUT2D eigenvalue weighted by molar-refractivity contribution is 1.09. The minimum atomic E-state index is -1.63. The number of hydrogen-bond donors (Lipinski definition) is 0. The van der Waals surface area contributed by atoms with E-state index in [1.807, 2.05) is 0 Å². The van der Waals surface area contributed by atoms with E-state index >= 15 is 0 Å². The maximum absolute atomic E-state index is 2.36. The zero-order valence-electron chi connectivity index (χ0n) is 27.3. The Morgan fingerprint density at radius 1 is 0.298 bits per heavy atom. The van der Waals surface area contributed by atoms with E-state index in [4.69, 9.17) is 0 Å². The Bertz CT molecular complexity index is 1650. The van der Waals surface area contributed by atoms with Crippen molar-refractivity contribution in [3.63, 3.8) is 0 Å². The Hall–Kier alpha value is -4.97. The highest BCUT2D eigenvalue weighted by atomic mass is 31.2. The molecule has 7 aromatic carbocycles. The molecule has 2 heteroatoms. The van der Waals surface area contributed by atoms with Crippen LogP contribution >= 0.6 is 7.26 Å². The van der Waals surface area contributed by atoms with Gasteiger partial charge in [0, 0.05) is 0 Å². The summed E-state index contributed by atoms with van der Waals surface area (Å²) in [6.45, 7) is 4.72. The summed E-state index contributed by atoms with van der Waals surface area (Å²) in [4.78, 5) is 0. The molecule has 7 rings (SSSR count). The topological polar surface area (TPSA) is 0 Å². The van der Waals surface area contributed by atoms with Crippen LogP contribution in [0.15, 0.2) is 212 Å². The Morgan fingerprint density at radius 2 is 0.489 bits per heavy atom. The second-order valence-corrected chi connectivity index (χ2v) is 16.4. The Morgan fingerprint density at radius 3 is 0.681 bits per heavy atom. The molecule has 0 saturated carbocycles. The van der Waals surface area contributed by atoms with Gasteiger partial charge in [0.15, 0.2) is 0 Å². The Labute approximate surface area is 282 Å². The Balaban J connectivity index is 0.000000166. The summed E-state index contributed by atoms with van der Waals surface area (Å²) in [6.07, 6.45) is -1.22. The fourth-order valence-electron chi connectivity index (χ4n) is 7.45. The van der Waals surface area contributed by atoms with E-state index in [2.05, 4.69) is 226 Å². The van der Waals surface area contributed by atoms with Gasteiger partial charge in [0.05, 0.1) is 5.66 Å². The molecule has 0 atom stereocenters. The van der Waals surface area contributed by atoms with Crippen molar-refractivity contribution in [1.82, 2.24) is 0 Å². The van der Waals surface area contributed by atoms with Crippen molar-refractivity contribution in [2.45, 2.75) is 19.5 Å². The molecule has 0 fully saturated rings. The summed E-state index contributed by atoms with van der Waals surface area (Å²) in [7, 11) is -1.63. The van der Waals surface area contributed by atoms with Gasteiger partial charge in [-0.1, -0.05) is 176 Å². The van der Waals surface area contributed by atoms with Gasteiger partial charge in [-0.3, -0.25) is 0 Å². The quantitative estimate of drug-likeness (QED) is 0.122. The first-order chi connectivity index (χ1) is 23.2. The smallest absolute Gasteiger partial charge is 0.114 e. The van der Waals surface area contributed by atoms with Crippen LogP contribution in [-0.2, 0) is 0 Å². The highest BCUT2D eigenvalue weighted by molar-refractivity contribution is 7.96. The van der Waals surface area contributed by atoms with Crippen LogP contribution in [-0.4, -0.2) is 11.8 Å². The molecule has 0 bridgehead atoms. The third-order valence-corrected chi connectivity index (χ3v) is 14.4. The summed E-state index contributed by atoms with van der Waals surface area (Å²) in [5.41, 5.74) is 5.91. The normalized spacial score (nSPS) is 11.4. The molecular formula is C45H42BP. The molecule has 0 aliphatic rings. The van der Waals surface area contributed by atoms with Crippen molar-refractivity contribution >= 4 is 51.2 Å². The SMILES string of the molecule is CC(C)[P+](c1ccccc1)(c1ccccc1)c1ccccc1.c1ccc([B-](c2ccccc2)(c2ccccc2)c2ccccc2)cc1. The van der Waals surface area contributed by atoms with Crippen molar-refractivity contribution in [1.29, 1.82) is 0 Å². The maximum atomic E-state index is 2.36. The highest BCUT2D eigenvalue weighted by Crippen LogP contribution is 2.59. The molecule has 0 amide bonds. The molecule has 0 heterocycles. The molecule has 7 aromatic rings. The van der Waals surface area contributed by atoms with Crippen molar-refractivity contribution in [3.05, 3.63) is 212 Å². The van der Waals surface area contributed by atoms with Gasteiger partial charge in [0.1, 0.15) is 29.3 Å². The summed E-state index contributed by atoms with van der Waals surface area (Å²) in [6, 6.07) is 76.6. The number of rotatable bonds is 8. The first-order valence-electron chi connectivity index (χ1n) is 16.6. The standard InChI is InChI=1S/C24H20B.C21H22P/c1-5-13-21(14-6-1)25(22-15-7-2-8-16-22,23-17-9-3-10-18-23)24-19-11-4-12-20-24;1-18(2)22(19-12-6-3-7-13-19,20-14-8-4-9-15-20)21-16-10-5-11-17-21/h1-20H;3-18H,1-2H3/q-1;+1. The second-order valence-electron chi connectivity index (χ2n) is 12.3. The van der Waals surface area contributed by atoms with Crippen LogP contribution in [0.2, 0.25) is 0 Å². The molecule has 230 valence electrons. The lowest BCUT2D eigenvalue weighted by Gasteiger charge is -2.44. The van der Waals surface area contributed by atoms with Crippen LogP contribution in [0.3, 0.4) is 0 Å². The van der Waals surface area contributed by atoms with E-state index in [0.717, 1.165) is 0 Å². The molecule has 0 aliphatic carbocycles. The lowest BCUT2D eigenvalue weighted by Crippen LogP contribution is -2.74. The van der Waals surface area contributed by atoms with Crippen LogP contribution < -0.4 is 37.8 Å². The van der Waals surface area contributed by atoms with Crippen molar-refractivity contribution in [3.8, 4) is 0 Å². The number of benzene rings is 7. The zero-order chi connectivity index (χ0) is 32.4. The summed E-state index contributed by atoms with van der Waals surface area (Å²) in [5, 5.41) is 4.38. The zero-order valence-corrected chi connectivity index (χ0v) is 28.2. The first kappa shape index (κ1) is 32.0. The molecule has 0 radical (unpaired) electrons. The molecule has 0 aromatic heterocycles. The van der Waals surface area contributed by atoms with Crippen LogP contribution in [0.4, 0.5) is 0 Å². The maximum Gasteiger partial charge on any atom is 0.114 e. The summed E-state index contributed by atoms with van der Waals surface area (Å²) < 4.78 is 0. The number of hydrogen-bond acceptors (Lipinski definition) is 0. The van der Waals surface area contributed by atoms with Gasteiger partial charge in [-0.15, -0.1) is 0 Å². The van der Waals surface area contributed by atoms with Crippen molar-refractivity contribution in [2.75, 3.05) is 0 Å². The fourth-order valence-corrected chi connectivity index (χ4v) is 12.1. The molecule has 0 aliphatic heterocycles. The van der Waals surface area contributed by atoms with Gasteiger partial charge in [-0.25, -0.2) is 0 Å². The molecule has 47 heavy (non-hydrogen) atoms. The molecule has 0 saturated heterocycles. The minimum Gasteiger partial charge on any atom is -0.195 e. The highest BCUT2D eigenvalue weighted by Gasteiger charge is 2.48. The van der Waals surface area contributed by atoms with Crippen LogP contribution in [0.5, 0.6) is 0 Å². The van der Waals surface area contributed by atoms with Crippen LogP contribution in [0, 0.1) is 0 Å². The monoisotopic (exact) mass is 624 g/mol. The lowest BCUT2D eigenvalue weighted by atomic mass is 9.13. The van der Waals surface area contributed by atoms with E-state index in [1.54, 1.807) is 0 Å². The second kappa shape index (κ2) is 15.1. The summed E-state index contributed by atoms with van der Waals surface area (Å²) >= 11 is 0. The average molecular weight is 625 g/mol. The predicted octanol–water partition coefficient (Wildman–Crippen LogP) is 7.45. The molecule has 0 N–H and O–H groups in total. The van der Waals surface area contributed by atoms with Crippen molar-refractivity contribution in [2.24, 2.45) is 0 Å². The van der Waals surface area contributed by atoms with Gasteiger partial charge in [-0.2, -0.15) is 21.9 Å². The van der Waals surface area contributed by atoms with Gasteiger partial charge in [-0.05, 0) is 50.2 Å². The van der Waals surface area contributed by atoms with E-state index in [9.17, 15) is 0 Å². The van der Waals surface area contributed by atoms with Gasteiger partial charge >= 0.3 is 0 Å². The van der Waals surface area contributed by atoms with Crippen molar-refractivity contribution < 1.29 is 0 Å². The fraction of sp³-hybridized carbons (Fsp3) is 0.0667. The van der Waals surface area contributed by atoms with E-state index in [0.29, 0.717) is 5.66 Å². The Kier molecular flexibility index (Phi) is 10.3.